The normalized spacial score (nSPS) is 7.73. The van der Waals surface area contributed by atoms with Crippen molar-refractivity contribution < 1.29 is 19.2 Å². The predicted molar refractivity (Wildman–Crippen MR) is 57.7 cm³/mol. The topological polar surface area (TPSA) is 68.3 Å². The monoisotopic (exact) mass is 288 g/mol. The molecular weight excluding hydrogens is 272 g/mol. The third-order valence-corrected chi connectivity index (χ3v) is 0.996. The van der Waals surface area contributed by atoms with Crippen LogP contribution in [0.3, 0.4) is 0 Å². The second kappa shape index (κ2) is 12.2. The van der Waals surface area contributed by atoms with E-state index < -0.39 is 0 Å². The van der Waals surface area contributed by atoms with E-state index in [-0.39, 0.29) is 81.5 Å². The Balaban J connectivity index is -0.000000180. The van der Waals surface area contributed by atoms with Gasteiger partial charge in [0.2, 0.25) is 0 Å². The Kier molecular flexibility index (Phi) is 16.8. The van der Waals surface area contributed by atoms with Crippen LogP contribution in [0.4, 0.5) is 0 Å². The quantitative estimate of drug-likeness (QED) is 0.565. The molecule has 0 fully saturated rings. The van der Waals surface area contributed by atoms with Crippen molar-refractivity contribution in [2.45, 2.75) is 40.5 Å². The summed E-state index contributed by atoms with van der Waals surface area (Å²) in [7, 11) is 0. The zero-order chi connectivity index (χ0) is 11.7. The summed E-state index contributed by atoms with van der Waals surface area (Å²) in [6, 6.07) is 0. The van der Waals surface area contributed by atoms with Crippen LogP contribution >= 0.6 is 0 Å². The summed E-state index contributed by atoms with van der Waals surface area (Å²) in [6.07, 6.45) is 0.167. The van der Waals surface area contributed by atoms with Crippen molar-refractivity contribution >= 4 is 68.6 Å². The Bertz CT molecular complexity index is 196. The van der Waals surface area contributed by atoms with Crippen LogP contribution in [0.25, 0.3) is 0 Å². The third-order valence-electron chi connectivity index (χ3n) is 0.996. The summed E-state index contributed by atoms with van der Waals surface area (Å²) < 4.78 is 0. The average Bonchev–Trinajstić information content (AvgIpc) is 1.79. The molecule has 0 aromatic rings. The number of ketones is 4. The summed E-state index contributed by atoms with van der Waals surface area (Å²) in [4.78, 5) is 40.1. The summed E-state index contributed by atoms with van der Waals surface area (Å²) in [6.45, 7) is 5.62. The molecule has 0 heterocycles. The van der Waals surface area contributed by atoms with Crippen LogP contribution in [-0.4, -0.2) is 68.6 Å². The molecule has 0 radical (unpaired) electrons. The van der Waals surface area contributed by atoms with E-state index >= 15 is 0 Å². The standard InChI is InChI=1S/2C5H8O2.Sr/c2*1-4(6)3-5(2)7;/h2*3H2,1-2H3;/q;;+2. The van der Waals surface area contributed by atoms with Crippen LogP contribution in [0, 0.1) is 0 Å². The summed E-state index contributed by atoms with van der Waals surface area (Å²) in [5.41, 5.74) is 0. The zero-order valence-corrected chi connectivity index (χ0v) is 13.2. The van der Waals surface area contributed by atoms with Crippen LogP contribution in [0.1, 0.15) is 40.5 Å². The van der Waals surface area contributed by atoms with E-state index in [1.54, 1.807) is 0 Å². The Morgan fingerprint density at radius 1 is 0.600 bits per heavy atom. The molecule has 4 nitrogen and oxygen atoms in total. The molecule has 0 saturated heterocycles. The molecule has 0 saturated carbocycles. The van der Waals surface area contributed by atoms with Crippen molar-refractivity contribution in [1.29, 1.82) is 0 Å². The van der Waals surface area contributed by atoms with Gasteiger partial charge in [-0.25, -0.2) is 0 Å². The molecule has 80 valence electrons. The van der Waals surface area contributed by atoms with Gasteiger partial charge in [-0.1, -0.05) is 0 Å². The molecule has 5 heteroatoms. The van der Waals surface area contributed by atoms with Crippen molar-refractivity contribution in [1.82, 2.24) is 0 Å². The predicted octanol–water partition coefficient (Wildman–Crippen LogP) is 0.728. The minimum absolute atomic E-state index is 0. The molecule has 0 aromatic heterocycles. The van der Waals surface area contributed by atoms with Crippen molar-refractivity contribution in [3.63, 3.8) is 0 Å². The molecule has 0 aliphatic heterocycles. The second-order valence-electron chi connectivity index (χ2n) is 3.16. The van der Waals surface area contributed by atoms with Gasteiger partial charge in [0.15, 0.2) is 0 Å². The van der Waals surface area contributed by atoms with Crippen LogP contribution in [0.2, 0.25) is 0 Å². The van der Waals surface area contributed by atoms with Crippen LogP contribution < -0.4 is 0 Å². The second-order valence-corrected chi connectivity index (χ2v) is 3.16. The number of hydrogen-bond donors (Lipinski definition) is 0. The average molecular weight is 288 g/mol. The first kappa shape index (κ1) is 20.6. The van der Waals surface area contributed by atoms with Gasteiger partial charge in [-0.3, -0.25) is 19.2 Å². The SMILES string of the molecule is CC(=O)CC(C)=O.CC(=O)CC(C)=O.[Sr+2]. The Morgan fingerprint density at radius 2 is 0.733 bits per heavy atom. The van der Waals surface area contributed by atoms with Crippen molar-refractivity contribution in [2.24, 2.45) is 0 Å². The molecule has 0 rings (SSSR count). The van der Waals surface area contributed by atoms with E-state index in [9.17, 15) is 19.2 Å². The van der Waals surface area contributed by atoms with E-state index in [4.69, 9.17) is 0 Å². The fourth-order valence-electron chi connectivity index (χ4n) is 0.701. The molecule has 0 aliphatic carbocycles. The van der Waals surface area contributed by atoms with E-state index in [2.05, 4.69) is 0 Å². The first-order valence-electron chi connectivity index (χ1n) is 4.23. The first-order chi connectivity index (χ1) is 6.25. The molecule has 0 spiro atoms. The molecule has 0 N–H and O–H groups in total. The maximum absolute atomic E-state index is 10.0. The number of carbonyl (C=O) groups excluding carboxylic acids is 4. The van der Waals surface area contributed by atoms with Gasteiger partial charge >= 0.3 is 45.5 Å². The number of hydrogen-bond acceptors (Lipinski definition) is 4. The molecule has 0 bridgehead atoms. The van der Waals surface area contributed by atoms with Crippen molar-refractivity contribution in [3.05, 3.63) is 0 Å². The van der Waals surface area contributed by atoms with Gasteiger partial charge in [-0.2, -0.15) is 0 Å². The van der Waals surface area contributed by atoms with Gasteiger partial charge in [0, 0.05) is 0 Å². The number of carbonyl (C=O) groups is 4. The molecule has 0 unspecified atom stereocenters. The number of rotatable bonds is 4. The van der Waals surface area contributed by atoms with E-state index in [0.717, 1.165) is 0 Å². The van der Waals surface area contributed by atoms with Crippen LogP contribution in [0.15, 0.2) is 0 Å². The smallest absolute Gasteiger partial charge is 0.300 e. The Hall–Kier alpha value is 0.161. The molecule has 0 atom stereocenters. The maximum atomic E-state index is 10.0. The fourth-order valence-corrected chi connectivity index (χ4v) is 0.701. The summed E-state index contributed by atoms with van der Waals surface area (Å²) >= 11 is 0. The van der Waals surface area contributed by atoms with E-state index in [1.165, 1.54) is 27.7 Å². The Labute approximate surface area is 127 Å². The van der Waals surface area contributed by atoms with Gasteiger partial charge in [0.1, 0.15) is 23.1 Å². The summed E-state index contributed by atoms with van der Waals surface area (Å²) in [5, 5.41) is 0. The molecular formula is C10H16O4Sr+2. The molecule has 0 aromatic carbocycles. The van der Waals surface area contributed by atoms with Gasteiger partial charge in [0.05, 0.1) is 12.8 Å². The fraction of sp³-hybridized carbons (Fsp3) is 0.600. The minimum atomic E-state index is -0.0625. The van der Waals surface area contributed by atoms with Crippen molar-refractivity contribution in [3.8, 4) is 0 Å². The van der Waals surface area contributed by atoms with Gasteiger partial charge in [-0.05, 0) is 27.7 Å². The first-order valence-corrected chi connectivity index (χ1v) is 4.23. The summed E-state index contributed by atoms with van der Waals surface area (Å²) in [5.74, 6) is -0.250. The van der Waals surface area contributed by atoms with Crippen LogP contribution in [-0.2, 0) is 19.2 Å². The van der Waals surface area contributed by atoms with E-state index in [0.29, 0.717) is 0 Å². The number of Topliss-reactive ketones (excluding diaryl/α,β-unsaturated/α-hetero) is 4. The third kappa shape index (κ3) is 31.4. The maximum Gasteiger partial charge on any atom is 2.00 e. The largest absolute Gasteiger partial charge is 2.00 e. The van der Waals surface area contributed by atoms with Gasteiger partial charge in [0.25, 0.3) is 0 Å². The van der Waals surface area contributed by atoms with Gasteiger partial charge in [-0.15, -0.1) is 0 Å². The molecule has 15 heavy (non-hydrogen) atoms. The molecule has 0 amide bonds. The molecule has 0 aliphatic rings. The van der Waals surface area contributed by atoms with E-state index in [1.807, 2.05) is 0 Å². The zero-order valence-electron chi connectivity index (χ0n) is 9.75. The minimum Gasteiger partial charge on any atom is -0.300 e. The van der Waals surface area contributed by atoms with Crippen LogP contribution in [0.5, 0.6) is 0 Å². The van der Waals surface area contributed by atoms with Crippen molar-refractivity contribution in [2.75, 3.05) is 0 Å². The van der Waals surface area contributed by atoms with Gasteiger partial charge < -0.3 is 0 Å². The Morgan fingerprint density at radius 3 is 0.733 bits per heavy atom.